The third-order valence-electron chi connectivity index (χ3n) is 5.50. The second kappa shape index (κ2) is 10.9. The molecule has 0 saturated carbocycles. The Morgan fingerprint density at radius 3 is 2.67 bits per heavy atom. The fourth-order valence-corrected chi connectivity index (χ4v) is 4.59. The van der Waals surface area contributed by atoms with Crippen molar-refractivity contribution in [2.45, 2.75) is 23.9 Å². The van der Waals surface area contributed by atoms with E-state index in [9.17, 15) is 4.79 Å². The van der Waals surface area contributed by atoms with Crippen LogP contribution in [-0.2, 0) is 11.3 Å². The topological polar surface area (TPSA) is 97.3 Å². The maximum absolute atomic E-state index is 12.6. The minimum absolute atomic E-state index is 0.249. The molecule has 0 aliphatic carbocycles. The van der Waals surface area contributed by atoms with Gasteiger partial charge in [0.1, 0.15) is 5.76 Å². The number of benzene rings is 3. The number of carbonyl (C=O) groups is 1. The molecule has 0 radical (unpaired) electrons. The molecule has 0 saturated heterocycles. The lowest BCUT2D eigenvalue weighted by molar-refractivity contribution is -0.120. The van der Waals surface area contributed by atoms with E-state index >= 15 is 0 Å². The molecule has 9 heteroatoms. The summed E-state index contributed by atoms with van der Waals surface area (Å²) in [6.45, 7) is 2.27. The Morgan fingerprint density at radius 1 is 1.03 bits per heavy atom. The van der Waals surface area contributed by atoms with Gasteiger partial charge in [-0.05, 0) is 42.6 Å². The van der Waals surface area contributed by atoms with Gasteiger partial charge in [0.2, 0.25) is 0 Å². The number of thioether (sulfide) groups is 1. The predicted octanol–water partition coefficient (Wildman–Crippen LogP) is 5.26. The average Bonchev–Trinajstić information content (AvgIpc) is 3.58. The minimum atomic E-state index is -0.454. The van der Waals surface area contributed by atoms with E-state index < -0.39 is 5.25 Å². The molecule has 3 aromatic carbocycles. The molecule has 2 heterocycles. The van der Waals surface area contributed by atoms with Gasteiger partial charge in [0.05, 0.1) is 24.3 Å². The van der Waals surface area contributed by atoms with Crippen molar-refractivity contribution in [1.29, 1.82) is 0 Å². The van der Waals surface area contributed by atoms with Crippen LogP contribution in [0.1, 0.15) is 18.5 Å². The number of rotatable bonds is 9. The van der Waals surface area contributed by atoms with Crippen molar-refractivity contribution in [2.24, 2.45) is 5.10 Å². The van der Waals surface area contributed by atoms with Crippen LogP contribution in [0.4, 0.5) is 5.69 Å². The van der Waals surface area contributed by atoms with Gasteiger partial charge in [0, 0.05) is 16.8 Å². The number of hydrazone groups is 1. The highest BCUT2D eigenvalue weighted by atomic mass is 32.2. The Morgan fingerprint density at radius 2 is 1.83 bits per heavy atom. The number of amides is 1. The third kappa shape index (κ3) is 5.31. The van der Waals surface area contributed by atoms with E-state index in [-0.39, 0.29) is 5.91 Å². The van der Waals surface area contributed by atoms with Gasteiger partial charge in [-0.1, -0.05) is 66.4 Å². The number of para-hydroxylation sites is 1. The van der Waals surface area contributed by atoms with Crippen LogP contribution in [0.5, 0.6) is 0 Å². The van der Waals surface area contributed by atoms with Gasteiger partial charge < -0.3 is 9.73 Å². The van der Waals surface area contributed by atoms with Crippen LogP contribution in [-0.4, -0.2) is 32.1 Å². The molecule has 180 valence electrons. The molecule has 1 amide bonds. The molecule has 2 aromatic heterocycles. The van der Waals surface area contributed by atoms with Gasteiger partial charge in [-0.3, -0.25) is 9.36 Å². The number of carbonyl (C=O) groups excluding carboxylic acids is 1. The fourth-order valence-electron chi connectivity index (χ4n) is 3.71. The Bertz CT molecular complexity index is 1480. The first-order valence-electron chi connectivity index (χ1n) is 11.4. The van der Waals surface area contributed by atoms with E-state index in [1.54, 1.807) is 25.3 Å². The number of hydrogen-bond acceptors (Lipinski definition) is 7. The number of hydrogen-bond donors (Lipinski definition) is 2. The number of nitrogens with one attached hydrogen (secondary N) is 2. The van der Waals surface area contributed by atoms with Crippen molar-refractivity contribution in [1.82, 2.24) is 20.2 Å². The Hall–Kier alpha value is -4.37. The average molecular weight is 497 g/mol. The number of aromatic nitrogens is 3. The van der Waals surface area contributed by atoms with Crippen molar-refractivity contribution in [3.63, 3.8) is 0 Å². The molecule has 5 rings (SSSR count). The largest absolute Gasteiger partial charge is 0.463 e. The first kappa shape index (κ1) is 23.4. The highest BCUT2D eigenvalue weighted by Crippen LogP contribution is 2.27. The predicted molar refractivity (Wildman–Crippen MR) is 142 cm³/mol. The summed E-state index contributed by atoms with van der Waals surface area (Å²) < 4.78 is 7.16. The highest BCUT2D eigenvalue weighted by Gasteiger charge is 2.21. The lowest BCUT2D eigenvalue weighted by atomic mass is 10.1. The van der Waals surface area contributed by atoms with Crippen LogP contribution in [0.25, 0.3) is 16.5 Å². The molecule has 5 aromatic rings. The van der Waals surface area contributed by atoms with E-state index in [2.05, 4.69) is 50.3 Å². The van der Waals surface area contributed by atoms with Crippen LogP contribution < -0.4 is 10.7 Å². The summed E-state index contributed by atoms with van der Waals surface area (Å²) in [7, 11) is 0. The zero-order valence-corrected chi connectivity index (χ0v) is 20.4. The molecule has 0 unspecified atom stereocenters. The number of fused-ring (bicyclic) bond motifs is 1. The van der Waals surface area contributed by atoms with Gasteiger partial charge in [-0.25, -0.2) is 5.43 Å². The third-order valence-corrected chi connectivity index (χ3v) is 6.55. The lowest BCUT2D eigenvalue weighted by Crippen LogP contribution is -2.27. The summed E-state index contributed by atoms with van der Waals surface area (Å²) in [5.41, 5.74) is 4.49. The molecule has 36 heavy (non-hydrogen) atoms. The van der Waals surface area contributed by atoms with Crippen LogP contribution in [0, 0.1) is 0 Å². The molecular weight excluding hydrogens is 472 g/mol. The van der Waals surface area contributed by atoms with Crippen molar-refractivity contribution in [3.8, 4) is 5.69 Å². The number of nitrogens with zero attached hydrogens (tertiary/aromatic N) is 4. The van der Waals surface area contributed by atoms with Crippen molar-refractivity contribution in [3.05, 3.63) is 103 Å². The molecule has 0 fully saturated rings. The Kier molecular flexibility index (Phi) is 7.09. The Balaban J connectivity index is 1.35. The van der Waals surface area contributed by atoms with Crippen molar-refractivity contribution in [2.75, 3.05) is 5.32 Å². The first-order chi connectivity index (χ1) is 17.7. The van der Waals surface area contributed by atoms with Gasteiger partial charge in [-0.15, -0.1) is 10.2 Å². The first-order valence-corrected chi connectivity index (χ1v) is 12.3. The van der Waals surface area contributed by atoms with E-state index in [0.29, 0.717) is 17.5 Å². The molecule has 0 aliphatic heterocycles. The molecule has 1 atom stereocenters. The lowest BCUT2D eigenvalue weighted by Gasteiger charge is -2.14. The molecule has 2 N–H and O–H groups in total. The maximum Gasteiger partial charge on any atom is 0.253 e. The second-order valence-corrected chi connectivity index (χ2v) is 9.27. The Labute approximate surface area is 212 Å². The minimum Gasteiger partial charge on any atom is -0.463 e. The van der Waals surface area contributed by atoms with E-state index in [0.717, 1.165) is 28.0 Å². The quantitative estimate of drug-likeness (QED) is 0.164. The number of anilines is 1. The zero-order valence-electron chi connectivity index (χ0n) is 19.5. The molecule has 8 nitrogen and oxygen atoms in total. The van der Waals surface area contributed by atoms with Crippen LogP contribution in [0.3, 0.4) is 0 Å². The summed E-state index contributed by atoms with van der Waals surface area (Å²) in [4.78, 5) is 12.6. The van der Waals surface area contributed by atoms with Crippen molar-refractivity contribution < 1.29 is 9.21 Å². The normalized spacial score (nSPS) is 12.1. The van der Waals surface area contributed by atoms with E-state index in [4.69, 9.17) is 4.42 Å². The summed E-state index contributed by atoms with van der Waals surface area (Å²) in [5.74, 6) is 1.05. The standard InChI is InChI=1S/C27H24N6O2S/c1-19(26(34)31-29-17-22-13-8-16-35-22)36-27-32-30-25(33(27)21-11-3-2-4-12-21)18-28-24-15-7-10-20-9-5-6-14-23(20)24/h2-17,19,28H,18H2,1H3,(H,31,34)/t19-/m1/s1. The highest BCUT2D eigenvalue weighted by molar-refractivity contribution is 8.00. The number of furan rings is 1. The molecule has 0 bridgehead atoms. The van der Waals surface area contributed by atoms with Gasteiger partial charge >= 0.3 is 0 Å². The smallest absolute Gasteiger partial charge is 0.253 e. The summed E-state index contributed by atoms with van der Waals surface area (Å²) in [5, 5.41) is 18.8. The van der Waals surface area contributed by atoms with Crippen LogP contribution in [0.2, 0.25) is 0 Å². The summed E-state index contributed by atoms with van der Waals surface area (Å²) in [6.07, 6.45) is 3.00. The maximum atomic E-state index is 12.6. The van der Waals surface area contributed by atoms with E-state index in [1.807, 2.05) is 53.1 Å². The SMILES string of the molecule is C[C@@H](Sc1nnc(CNc2cccc3ccccc23)n1-c1ccccc1)C(=O)NN=Cc1ccco1. The van der Waals surface area contributed by atoms with Gasteiger partial charge in [0.15, 0.2) is 11.0 Å². The fraction of sp³-hybridized carbons (Fsp3) is 0.111. The molecule has 0 spiro atoms. The monoisotopic (exact) mass is 496 g/mol. The second-order valence-electron chi connectivity index (χ2n) is 7.96. The summed E-state index contributed by atoms with van der Waals surface area (Å²) >= 11 is 1.32. The van der Waals surface area contributed by atoms with E-state index in [1.165, 1.54) is 18.0 Å². The van der Waals surface area contributed by atoms with Gasteiger partial charge in [-0.2, -0.15) is 5.10 Å². The van der Waals surface area contributed by atoms with Gasteiger partial charge in [0.25, 0.3) is 5.91 Å². The van der Waals surface area contributed by atoms with Crippen LogP contribution in [0.15, 0.2) is 106 Å². The summed E-state index contributed by atoms with van der Waals surface area (Å²) in [6, 6.07) is 27.8. The van der Waals surface area contributed by atoms with Crippen LogP contribution >= 0.6 is 11.8 Å². The molecular formula is C27H24N6O2S. The van der Waals surface area contributed by atoms with Crippen molar-refractivity contribution >= 4 is 40.3 Å². The zero-order chi connectivity index (χ0) is 24.7. The molecule has 0 aliphatic rings.